The summed E-state index contributed by atoms with van der Waals surface area (Å²) in [5.74, 6) is 2.00. The van der Waals surface area contributed by atoms with Crippen molar-refractivity contribution < 1.29 is 4.42 Å². The minimum Gasteiger partial charge on any atom is -0.468 e. The van der Waals surface area contributed by atoms with Crippen LogP contribution in [0.5, 0.6) is 0 Å². The molecule has 19 heavy (non-hydrogen) atoms. The van der Waals surface area contributed by atoms with Crippen LogP contribution in [-0.2, 0) is 13.1 Å². The van der Waals surface area contributed by atoms with Crippen molar-refractivity contribution in [3.63, 3.8) is 0 Å². The van der Waals surface area contributed by atoms with Crippen molar-refractivity contribution in [3.8, 4) is 0 Å². The van der Waals surface area contributed by atoms with Crippen molar-refractivity contribution in [2.24, 2.45) is 5.92 Å². The first-order valence-corrected chi connectivity index (χ1v) is 7.43. The molecule has 1 aliphatic rings. The van der Waals surface area contributed by atoms with E-state index in [0.29, 0.717) is 0 Å². The Morgan fingerprint density at radius 1 is 1.37 bits per heavy atom. The number of nitrogens with zero attached hydrogens (tertiary/aromatic N) is 1. The van der Waals surface area contributed by atoms with Crippen LogP contribution in [0.15, 0.2) is 16.7 Å². The molecule has 0 amide bonds. The molecular formula is C16H28N2O. The molecule has 0 aromatic carbocycles. The zero-order chi connectivity index (χ0) is 13.9. The van der Waals surface area contributed by atoms with Crippen molar-refractivity contribution in [3.05, 3.63) is 23.7 Å². The van der Waals surface area contributed by atoms with E-state index in [1.165, 1.54) is 31.4 Å². The molecule has 1 heterocycles. The zero-order valence-electron chi connectivity index (χ0n) is 12.8. The van der Waals surface area contributed by atoms with Gasteiger partial charge in [-0.1, -0.05) is 6.42 Å². The van der Waals surface area contributed by atoms with E-state index in [0.717, 1.165) is 24.8 Å². The van der Waals surface area contributed by atoms with Crippen LogP contribution in [0, 0.1) is 5.92 Å². The highest BCUT2D eigenvalue weighted by Crippen LogP contribution is 2.27. The smallest absolute Gasteiger partial charge is 0.122 e. The van der Waals surface area contributed by atoms with E-state index in [1.54, 1.807) is 0 Å². The lowest BCUT2D eigenvalue weighted by Gasteiger charge is -2.30. The molecule has 2 rings (SSSR count). The molecule has 0 radical (unpaired) electrons. The Bertz CT molecular complexity index is 388. The molecule has 3 nitrogen and oxygen atoms in total. The van der Waals surface area contributed by atoms with Gasteiger partial charge in [0.25, 0.3) is 0 Å². The number of rotatable bonds is 6. The van der Waals surface area contributed by atoms with E-state index in [4.69, 9.17) is 4.42 Å². The summed E-state index contributed by atoms with van der Waals surface area (Å²) in [5, 5.41) is 3.49. The second-order valence-electron chi connectivity index (χ2n) is 6.97. The van der Waals surface area contributed by atoms with Crippen LogP contribution in [0.25, 0.3) is 0 Å². The SMILES string of the molecule is CN(Cc1ccoc1CNC(C)(C)C)CC1CCC1. The lowest BCUT2D eigenvalue weighted by atomic mass is 9.85. The average molecular weight is 264 g/mol. The third-order valence-electron chi connectivity index (χ3n) is 3.85. The Kier molecular flexibility index (Phi) is 4.69. The molecule has 1 saturated carbocycles. The van der Waals surface area contributed by atoms with Gasteiger partial charge in [0.1, 0.15) is 5.76 Å². The maximum atomic E-state index is 5.62. The molecule has 0 spiro atoms. The fraction of sp³-hybridized carbons (Fsp3) is 0.750. The first-order chi connectivity index (χ1) is 8.94. The summed E-state index contributed by atoms with van der Waals surface area (Å²) >= 11 is 0. The van der Waals surface area contributed by atoms with Crippen LogP contribution < -0.4 is 5.32 Å². The minimum atomic E-state index is 0.127. The summed E-state index contributed by atoms with van der Waals surface area (Å²) < 4.78 is 5.62. The molecule has 0 atom stereocenters. The second kappa shape index (κ2) is 6.10. The number of furan rings is 1. The first-order valence-electron chi connectivity index (χ1n) is 7.43. The minimum absolute atomic E-state index is 0.127. The van der Waals surface area contributed by atoms with Gasteiger partial charge in [0.15, 0.2) is 0 Å². The van der Waals surface area contributed by atoms with Gasteiger partial charge in [0.05, 0.1) is 12.8 Å². The maximum absolute atomic E-state index is 5.62. The molecule has 0 aliphatic heterocycles. The lowest BCUT2D eigenvalue weighted by Crippen LogP contribution is -2.35. The normalized spacial score (nSPS) is 16.9. The van der Waals surface area contributed by atoms with Gasteiger partial charge < -0.3 is 14.6 Å². The summed E-state index contributed by atoms with van der Waals surface area (Å²) in [4.78, 5) is 2.43. The maximum Gasteiger partial charge on any atom is 0.122 e. The zero-order valence-corrected chi connectivity index (χ0v) is 12.8. The first kappa shape index (κ1) is 14.6. The Labute approximate surface area is 117 Å². The Hall–Kier alpha value is -0.800. The molecule has 0 bridgehead atoms. The standard InChI is InChI=1S/C16H28N2O/c1-16(2,3)17-10-15-14(8-9-19-15)12-18(4)11-13-6-5-7-13/h8-9,13,17H,5-7,10-12H2,1-4H3. The molecule has 0 saturated heterocycles. The molecule has 108 valence electrons. The number of nitrogens with one attached hydrogen (secondary N) is 1. The summed E-state index contributed by atoms with van der Waals surface area (Å²) in [6.45, 7) is 9.56. The van der Waals surface area contributed by atoms with Crippen LogP contribution in [-0.4, -0.2) is 24.0 Å². The van der Waals surface area contributed by atoms with E-state index in [1.807, 2.05) is 6.26 Å². The predicted octanol–water partition coefficient (Wildman–Crippen LogP) is 3.40. The third kappa shape index (κ3) is 4.66. The molecule has 1 N–H and O–H groups in total. The van der Waals surface area contributed by atoms with Gasteiger partial charge in [-0.3, -0.25) is 0 Å². The van der Waals surface area contributed by atoms with Gasteiger partial charge in [-0.2, -0.15) is 0 Å². The van der Waals surface area contributed by atoms with Crippen molar-refractivity contribution in [1.82, 2.24) is 10.2 Å². The topological polar surface area (TPSA) is 28.4 Å². The molecule has 1 aromatic rings. The van der Waals surface area contributed by atoms with Gasteiger partial charge in [0.2, 0.25) is 0 Å². The highest BCUT2D eigenvalue weighted by Gasteiger charge is 2.20. The second-order valence-corrected chi connectivity index (χ2v) is 6.97. The molecule has 1 aliphatic carbocycles. The largest absolute Gasteiger partial charge is 0.468 e. The van der Waals surface area contributed by atoms with Gasteiger partial charge in [-0.25, -0.2) is 0 Å². The summed E-state index contributed by atoms with van der Waals surface area (Å²) in [6, 6.07) is 2.11. The molecule has 3 heteroatoms. The van der Waals surface area contributed by atoms with Crippen molar-refractivity contribution >= 4 is 0 Å². The van der Waals surface area contributed by atoms with Gasteiger partial charge >= 0.3 is 0 Å². The van der Waals surface area contributed by atoms with Crippen molar-refractivity contribution in [1.29, 1.82) is 0 Å². The third-order valence-corrected chi connectivity index (χ3v) is 3.85. The van der Waals surface area contributed by atoms with Gasteiger partial charge in [-0.15, -0.1) is 0 Å². The Morgan fingerprint density at radius 2 is 2.11 bits per heavy atom. The van der Waals surface area contributed by atoms with Crippen molar-refractivity contribution in [2.75, 3.05) is 13.6 Å². The summed E-state index contributed by atoms with van der Waals surface area (Å²) in [7, 11) is 2.21. The van der Waals surface area contributed by atoms with Crippen molar-refractivity contribution in [2.45, 2.75) is 58.7 Å². The number of hydrogen-bond donors (Lipinski definition) is 1. The predicted molar refractivity (Wildman–Crippen MR) is 79.0 cm³/mol. The Morgan fingerprint density at radius 3 is 2.68 bits per heavy atom. The van der Waals surface area contributed by atoms with E-state index < -0.39 is 0 Å². The fourth-order valence-electron chi connectivity index (χ4n) is 2.48. The summed E-state index contributed by atoms with van der Waals surface area (Å²) in [6.07, 6.45) is 6.06. The molecular weight excluding hydrogens is 236 g/mol. The lowest BCUT2D eigenvalue weighted by molar-refractivity contribution is 0.199. The van der Waals surface area contributed by atoms with Crippen LogP contribution in [0.1, 0.15) is 51.4 Å². The van der Waals surface area contributed by atoms with Crippen LogP contribution in [0.3, 0.4) is 0 Å². The van der Waals surface area contributed by atoms with E-state index >= 15 is 0 Å². The van der Waals surface area contributed by atoms with E-state index in [9.17, 15) is 0 Å². The van der Waals surface area contributed by atoms with Crippen LogP contribution in [0.2, 0.25) is 0 Å². The van der Waals surface area contributed by atoms with Gasteiger partial charge in [0, 0.05) is 24.2 Å². The highest BCUT2D eigenvalue weighted by molar-refractivity contribution is 5.17. The molecule has 1 aromatic heterocycles. The Balaban J connectivity index is 1.84. The molecule has 1 fully saturated rings. The van der Waals surface area contributed by atoms with Crippen LogP contribution in [0.4, 0.5) is 0 Å². The van der Waals surface area contributed by atoms with Gasteiger partial charge in [-0.05, 0) is 52.6 Å². The average Bonchev–Trinajstić information content (AvgIpc) is 2.67. The van der Waals surface area contributed by atoms with E-state index in [2.05, 4.69) is 44.1 Å². The highest BCUT2D eigenvalue weighted by atomic mass is 16.3. The monoisotopic (exact) mass is 264 g/mol. The molecule has 0 unspecified atom stereocenters. The quantitative estimate of drug-likeness (QED) is 0.853. The summed E-state index contributed by atoms with van der Waals surface area (Å²) in [5.41, 5.74) is 1.45. The number of hydrogen-bond acceptors (Lipinski definition) is 3. The van der Waals surface area contributed by atoms with E-state index in [-0.39, 0.29) is 5.54 Å². The fourth-order valence-corrected chi connectivity index (χ4v) is 2.48. The van der Waals surface area contributed by atoms with Crippen LogP contribution >= 0.6 is 0 Å².